The molecule has 168 valence electrons. The zero-order valence-electron chi connectivity index (χ0n) is 18.1. The van der Waals surface area contributed by atoms with Crippen molar-refractivity contribution in [1.82, 2.24) is 9.55 Å². The number of allylic oxidation sites excluding steroid dienone is 1. The molecule has 1 N–H and O–H groups in total. The van der Waals surface area contributed by atoms with Gasteiger partial charge in [-0.15, -0.1) is 0 Å². The summed E-state index contributed by atoms with van der Waals surface area (Å²) in [4.78, 5) is 43.7. The van der Waals surface area contributed by atoms with E-state index in [0.717, 1.165) is 16.5 Å². The van der Waals surface area contributed by atoms with Crippen LogP contribution in [0.5, 0.6) is 0 Å². The minimum atomic E-state index is -1.74. The Morgan fingerprint density at radius 1 is 1.27 bits per heavy atom. The Kier molecular flexibility index (Phi) is 4.81. The van der Waals surface area contributed by atoms with Crippen LogP contribution in [0, 0.1) is 0 Å². The molecule has 0 saturated carbocycles. The van der Waals surface area contributed by atoms with Crippen LogP contribution < -0.4 is 5.56 Å². The zero-order valence-corrected chi connectivity index (χ0v) is 18.1. The van der Waals surface area contributed by atoms with E-state index in [0.29, 0.717) is 23.5 Å². The smallest absolute Gasteiger partial charge is 0.355 e. The highest BCUT2D eigenvalue weighted by Crippen LogP contribution is 2.41. The number of pyridine rings is 2. The third-order valence-corrected chi connectivity index (χ3v) is 6.29. The van der Waals surface area contributed by atoms with E-state index < -0.39 is 17.5 Å². The monoisotopic (exact) mass is 446 g/mol. The molecule has 8 heteroatoms. The number of hydrogen-bond acceptors (Lipinski definition) is 7. The van der Waals surface area contributed by atoms with Crippen LogP contribution in [0.2, 0.25) is 0 Å². The third kappa shape index (κ3) is 3.21. The number of aliphatic hydroxyl groups excluding tert-OH is 1. The van der Waals surface area contributed by atoms with Gasteiger partial charge in [-0.05, 0) is 24.6 Å². The van der Waals surface area contributed by atoms with Crippen molar-refractivity contribution in [3.8, 4) is 11.4 Å². The lowest BCUT2D eigenvalue weighted by Crippen LogP contribution is -2.47. The van der Waals surface area contributed by atoms with Crippen LogP contribution in [0.15, 0.2) is 53.5 Å². The van der Waals surface area contributed by atoms with Crippen molar-refractivity contribution in [3.63, 3.8) is 0 Å². The molecule has 5 rings (SSSR count). The second-order valence-electron chi connectivity index (χ2n) is 8.30. The van der Waals surface area contributed by atoms with Crippen LogP contribution in [-0.4, -0.2) is 26.6 Å². The minimum Gasteiger partial charge on any atom is -0.513 e. The average Bonchev–Trinajstić information content (AvgIpc) is 3.16. The minimum absolute atomic E-state index is 0.0117. The third-order valence-electron chi connectivity index (χ3n) is 6.29. The number of carbonyl (C=O) groups is 2. The summed E-state index contributed by atoms with van der Waals surface area (Å²) in [7, 11) is 0. The largest absolute Gasteiger partial charge is 0.513 e. The van der Waals surface area contributed by atoms with E-state index in [1.165, 1.54) is 0 Å². The quantitative estimate of drug-likeness (QED) is 0.369. The Hall–Kier alpha value is -3.94. The van der Waals surface area contributed by atoms with Crippen LogP contribution >= 0.6 is 0 Å². The number of benzene rings is 1. The second kappa shape index (κ2) is 7.58. The Morgan fingerprint density at radius 3 is 2.82 bits per heavy atom. The maximum absolute atomic E-state index is 13.4. The number of hydrogen-bond donors (Lipinski definition) is 1. The Bertz CT molecular complexity index is 1410. The fourth-order valence-electron chi connectivity index (χ4n) is 4.57. The maximum Gasteiger partial charge on any atom is 0.355 e. The molecule has 0 fully saturated rings. The predicted molar refractivity (Wildman–Crippen MR) is 119 cm³/mol. The second-order valence-corrected chi connectivity index (χ2v) is 8.30. The molecule has 0 aliphatic carbocycles. The first-order chi connectivity index (χ1) is 15.8. The van der Waals surface area contributed by atoms with Gasteiger partial charge in [0, 0.05) is 22.9 Å². The Balaban J connectivity index is 1.66. The highest BCUT2D eigenvalue weighted by Gasteiger charge is 2.50. The van der Waals surface area contributed by atoms with Crippen LogP contribution in [0.4, 0.5) is 0 Å². The molecular weight excluding hydrogens is 424 g/mol. The molecule has 33 heavy (non-hydrogen) atoms. The summed E-state index contributed by atoms with van der Waals surface area (Å²) in [5, 5.41) is 10.3. The summed E-state index contributed by atoms with van der Waals surface area (Å²) in [6.45, 7) is 5.23. The lowest BCUT2D eigenvalue weighted by Gasteiger charge is -2.35. The van der Waals surface area contributed by atoms with Crippen molar-refractivity contribution in [2.75, 3.05) is 0 Å². The number of cyclic esters (lactones) is 1. The average molecular weight is 446 g/mol. The van der Waals surface area contributed by atoms with Gasteiger partial charge in [0.1, 0.15) is 6.61 Å². The number of carbonyl (C=O) groups excluding carboxylic acids is 2. The molecule has 2 aromatic heterocycles. The summed E-state index contributed by atoms with van der Waals surface area (Å²) < 4.78 is 12.6. The van der Waals surface area contributed by atoms with Crippen molar-refractivity contribution in [2.24, 2.45) is 0 Å². The number of aliphatic hydroxyl groups is 1. The van der Waals surface area contributed by atoms with Crippen molar-refractivity contribution in [2.45, 2.75) is 44.9 Å². The number of ether oxygens (including phenoxy) is 2. The first-order valence-electron chi connectivity index (χ1n) is 10.8. The SMILES string of the molecule is C=C(O)CCC(=O)O[C@]1(CC)C(=O)OCc2c1cc1n(c2=O)Cc2cc3ccccc3nc2-1. The summed E-state index contributed by atoms with van der Waals surface area (Å²) in [6, 6.07) is 11.4. The maximum atomic E-state index is 13.4. The number of para-hydroxylation sites is 1. The predicted octanol–water partition coefficient (Wildman–Crippen LogP) is 3.48. The van der Waals surface area contributed by atoms with Crippen LogP contribution in [0.25, 0.3) is 22.3 Å². The lowest BCUT2D eigenvalue weighted by molar-refractivity contribution is -0.189. The van der Waals surface area contributed by atoms with E-state index >= 15 is 0 Å². The molecule has 0 amide bonds. The summed E-state index contributed by atoms with van der Waals surface area (Å²) in [5.74, 6) is -1.57. The van der Waals surface area contributed by atoms with E-state index in [-0.39, 0.29) is 42.8 Å². The van der Waals surface area contributed by atoms with Crippen molar-refractivity contribution >= 4 is 22.8 Å². The van der Waals surface area contributed by atoms with Crippen molar-refractivity contribution < 1.29 is 24.2 Å². The van der Waals surface area contributed by atoms with Crippen LogP contribution in [0.1, 0.15) is 42.9 Å². The summed E-state index contributed by atoms with van der Waals surface area (Å²) in [5.41, 5.74) is 1.53. The fourth-order valence-corrected chi connectivity index (χ4v) is 4.57. The van der Waals surface area contributed by atoms with Crippen LogP contribution in [-0.2, 0) is 37.8 Å². The molecule has 2 aliphatic rings. The Labute approximate surface area is 189 Å². The first-order valence-corrected chi connectivity index (χ1v) is 10.8. The van der Waals surface area contributed by atoms with E-state index in [9.17, 15) is 19.5 Å². The fraction of sp³-hybridized carbons (Fsp3) is 0.280. The van der Waals surface area contributed by atoms with Gasteiger partial charge in [-0.25, -0.2) is 9.78 Å². The molecule has 1 aromatic carbocycles. The molecule has 0 spiro atoms. The Morgan fingerprint density at radius 2 is 2.06 bits per heavy atom. The summed E-state index contributed by atoms with van der Waals surface area (Å²) >= 11 is 0. The van der Waals surface area contributed by atoms with Gasteiger partial charge < -0.3 is 19.1 Å². The molecule has 8 nitrogen and oxygen atoms in total. The molecular formula is C25H22N2O6. The molecule has 4 heterocycles. The summed E-state index contributed by atoms with van der Waals surface area (Å²) in [6.07, 6.45) is -0.0523. The number of fused-ring (bicyclic) bond motifs is 5. The van der Waals surface area contributed by atoms with Gasteiger partial charge in [0.15, 0.2) is 0 Å². The van der Waals surface area contributed by atoms with E-state index in [4.69, 9.17) is 14.5 Å². The number of aromatic nitrogens is 2. The van der Waals surface area contributed by atoms with Crippen molar-refractivity contribution in [3.05, 3.63) is 75.8 Å². The molecule has 2 aliphatic heterocycles. The van der Waals surface area contributed by atoms with Gasteiger partial charge >= 0.3 is 11.9 Å². The molecule has 0 radical (unpaired) electrons. The first kappa shape index (κ1) is 20.9. The number of nitrogens with zero attached hydrogens (tertiary/aromatic N) is 2. The van der Waals surface area contributed by atoms with Gasteiger partial charge in [-0.2, -0.15) is 0 Å². The van der Waals surface area contributed by atoms with Crippen LogP contribution in [0.3, 0.4) is 0 Å². The van der Waals surface area contributed by atoms with Crippen molar-refractivity contribution in [1.29, 1.82) is 0 Å². The number of esters is 2. The van der Waals surface area contributed by atoms with Gasteiger partial charge in [-0.1, -0.05) is 31.7 Å². The zero-order chi connectivity index (χ0) is 23.3. The van der Waals surface area contributed by atoms with E-state index in [2.05, 4.69) is 6.58 Å². The molecule has 3 aromatic rings. The topological polar surface area (TPSA) is 108 Å². The normalized spacial score (nSPS) is 18.3. The molecule has 0 bridgehead atoms. The molecule has 0 unspecified atom stereocenters. The molecule has 1 atom stereocenters. The van der Waals surface area contributed by atoms with E-state index in [1.54, 1.807) is 17.6 Å². The molecule has 0 saturated heterocycles. The van der Waals surface area contributed by atoms with Gasteiger partial charge in [-0.3, -0.25) is 9.59 Å². The van der Waals surface area contributed by atoms with E-state index in [1.807, 2.05) is 30.3 Å². The van der Waals surface area contributed by atoms with Gasteiger partial charge in [0.05, 0.1) is 41.2 Å². The van der Waals surface area contributed by atoms with Gasteiger partial charge in [0.2, 0.25) is 5.60 Å². The van der Waals surface area contributed by atoms with Gasteiger partial charge in [0.25, 0.3) is 5.56 Å². The highest BCUT2D eigenvalue weighted by molar-refractivity contribution is 5.88. The standard InChI is InChI=1S/C25H22N2O6/c1-3-25(33-21(29)9-8-14(2)28)18-11-20-22-16(10-15-6-4-5-7-19(15)26-22)12-27(20)23(30)17(18)13-32-24(25)31/h4-7,10-11,28H,2-3,8-9,12-13H2,1H3/t25-/m0/s1. The lowest BCUT2D eigenvalue weighted by atomic mass is 9.85. The highest BCUT2D eigenvalue weighted by atomic mass is 16.6. The number of rotatable bonds is 5.